The molecule has 0 bridgehead atoms. The van der Waals surface area contributed by atoms with Gasteiger partial charge in [0.05, 0.1) is 26.4 Å². The first-order chi connectivity index (χ1) is 31.8. The molecule has 4 atom stereocenters. The van der Waals surface area contributed by atoms with Crippen LogP contribution in [-0.2, 0) is 47.8 Å². The molecule has 2 heterocycles. The lowest BCUT2D eigenvalue weighted by molar-refractivity contribution is -0.143. The van der Waals surface area contributed by atoms with Crippen LogP contribution in [0.4, 0.5) is 15.3 Å². The van der Waals surface area contributed by atoms with E-state index in [1.807, 2.05) is 20.9 Å². The van der Waals surface area contributed by atoms with Crippen LogP contribution >= 0.6 is 0 Å². The molecule has 67 heavy (non-hydrogen) atoms. The van der Waals surface area contributed by atoms with E-state index in [9.17, 15) is 43.2 Å². The number of hydrogen-bond acceptors (Lipinski definition) is 13. The van der Waals surface area contributed by atoms with Gasteiger partial charge in [-0.1, -0.05) is 39.8 Å². The van der Waals surface area contributed by atoms with Crippen LogP contribution in [0.5, 0.6) is 0 Å². The van der Waals surface area contributed by atoms with Crippen molar-refractivity contribution >= 4 is 59.2 Å². The second-order valence-electron chi connectivity index (χ2n) is 17.7. The molecular weight excluding hydrogens is 873 g/mol. The number of likely N-dealkylation sites (N-methyl/N-ethyl adjacent to an activating group) is 1. The van der Waals surface area contributed by atoms with Crippen molar-refractivity contribution in [2.75, 3.05) is 98.7 Å². The summed E-state index contributed by atoms with van der Waals surface area (Å²) in [5.41, 5.74) is 5.93. The number of primary amides is 1. The highest BCUT2D eigenvalue weighted by molar-refractivity contribution is 6.04. The first-order valence-electron chi connectivity index (χ1n) is 22.9. The molecule has 374 valence electrons. The van der Waals surface area contributed by atoms with Gasteiger partial charge in [0.1, 0.15) is 12.1 Å². The highest BCUT2D eigenvalue weighted by Crippen LogP contribution is 2.26. The fraction of sp³-hybridized carbons (Fsp3) is 0.667. The van der Waals surface area contributed by atoms with Gasteiger partial charge >= 0.3 is 12.1 Å². The van der Waals surface area contributed by atoms with Gasteiger partial charge in [0.25, 0.3) is 5.91 Å². The lowest BCUT2D eigenvalue weighted by atomic mass is 9.96. The van der Waals surface area contributed by atoms with Crippen LogP contribution in [0.25, 0.3) is 0 Å². The van der Waals surface area contributed by atoms with Crippen LogP contribution in [0.3, 0.4) is 0 Å². The van der Waals surface area contributed by atoms with E-state index in [4.69, 9.17) is 19.9 Å². The van der Waals surface area contributed by atoms with E-state index in [0.717, 1.165) is 0 Å². The number of ether oxygens (including phenoxy) is 3. The monoisotopic (exact) mass is 945 g/mol. The quantitative estimate of drug-likeness (QED) is 0.0521. The minimum atomic E-state index is -1.22. The van der Waals surface area contributed by atoms with Gasteiger partial charge in [0.2, 0.25) is 41.5 Å². The summed E-state index contributed by atoms with van der Waals surface area (Å²) in [6, 6.07) is 3.39. The Morgan fingerprint density at radius 1 is 0.806 bits per heavy atom. The topological polar surface area (TPSA) is 280 Å². The van der Waals surface area contributed by atoms with Crippen molar-refractivity contribution in [3.63, 3.8) is 0 Å². The summed E-state index contributed by atoms with van der Waals surface area (Å²) in [5, 5.41) is 13.4. The second-order valence-corrected chi connectivity index (χ2v) is 17.7. The van der Waals surface area contributed by atoms with Crippen LogP contribution in [0.2, 0.25) is 0 Å². The van der Waals surface area contributed by atoms with Gasteiger partial charge in [-0.05, 0) is 50.3 Å². The van der Waals surface area contributed by atoms with Crippen molar-refractivity contribution in [3.8, 4) is 0 Å². The van der Waals surface area contributed by atoms with Crippen molar-refractivity contribution < 1.29 is 57.4 Å². The summed E-state index contributed by atoms with van der Waals surface area (Å²) in [7, 11) is 4.99. The van der Waals surface area contributed by atoms with E-state index in [1.54, 1.807) is 43.0 Å². The van der Waals surface area contributed by atoms with Crippen molar-refractivity contribution in [1.82, 2.24) is 40.9 Å². The molecule has 1 aromatic rings. The van der Waals surface area contributed by atoms with Crippen molar-refractivity contribution in [1.29, 1.82) is 0 Å². The zero-order valence-corrected chi connectivity index (χ0v) is 40.1. The van der Waals surface area contributed by atoms with Crippen LogP contribution in [0.15, 0.2) is 24.3 Å². The second kappa shape index (κ2) is 28.3. The average molecular weight is 945 g/mol. The molecule has 0 radical (unpaired) electrons. The number of carbonyl (C=O) groups is 9. The van der Waals surface area contributed by atoms with Gasteiger partial charge in [-0.25, -0.2) is 9.59 Å². The summed E-state index contributed by atoms with van der Waals surface area (Å²) in [4.78, 5) is 121. The zero-order valence-electron chi connectivity index (χ0n) is 40.1. The van der Waals surface area contributed by atoms with Gasteiger partial charge < -0.3 is 61.2 Å². The van der Waals surface area contributed by atoms with Gasteiger partial charge in [-0.2, -0.15) is 0 Å². The van der Waals surface area contributed by atoms with E-state index in [2.05, 4.69) is 31.5 Å². The zero-order chi connectivity index (χ0) is 49.6. The summed E-state index contributed by atoms with van der Waals surface area (Å²) in [6.07, 6.45) is -0.793. The number of nitrogens with one attached hydrogen (secondary N) is 5. The van der Waals surface area contributed by atoms with Gasteiger partial charge in [0, 0.05) is 96.3 Å². The van der Waals surface area contributed by atoms with E-state index < -0.39 is 48.0 Å². The van der Waals surface area contributed by atoms with Gasteiger partial charge in [-0.3, -0.25) is 38.5 Å². The number of nitrogens with two attached hydrogens (primary N) is 1. The Kier molecular flexibility index (Phi) is 23.5. The largest absolute Gasteiger partial charge is 0.431 e. The van der Waals surface area contributed by atoms with E-state index >= 15 is 0 Å². The number of benzene rings is 1. The third kappa shape index (κ3) is 19.5. The maximum atomic E-state index is 13.7. The molecule has 0 aromatic heterocycles. The van der Waals surface area contributed by atoms with Gasteiger partial charge in [-0.15, -0.1) is 0 Å². The molecule has 2 unspecified atom stereocenters. The maximum Gasteiger partial charge on any atom is 0.410 e. The molecule has 2 fully saturated rings. The number of rotatable bonds is 27. The summed E-state index contributed by atoms with van der Waals surface area (Å²) in [5.74, 6) is -3.19. The Morgan fingerprint density at radius 3 is 2.07 bits per heavy atom. The first-order valence-corrected chi connectivity index (χ1v) is 22.9. The number of urea groups is 1. The molecule has 7 N–H and O–H groups in total. The highest BCUT2D eigenvalue weighted by atomic mass is 16.6. The third-order valence-corrected chi connectivity index (χ3v) is 11.0. The van der Waals surface area contributed by atoms with Crippen LogP contribution in [0.1, 0.15) is 77.9 Å². The lowest BCUT2D eigenvalue weighted by Crippen LogP contribution is -2.54. The Bertz CT molecular complexity index is 1840. The van der Waals surface area contributed by atoms with Crippen molar-refractivity contribution in [3.05, 3.63) is 29.8 Å². The Morgan fingerprint density at radius 2 is 1.46 bits per heavy atom. The number of amides is 10. The molecular formula is C45H72N10O12. The number of imide groups is 1. The molecule has 0 aliphatic carbocycles. The van der Waals surface area contributed by atoms with Crippen LogP contribution in [0, 0.1) is 17.8 Å². The summed E-state index contributed by atoms with van der Waals surface area (Å²) in [6.45, 7) is 10.7. The highest BCUT2D eigenvalue weighted by Gasteiger charge is 2.38. The predicted molar refractivity (Wildman–Crippen MR) is 246 cm³/mol. The Balaban J connectivity index is 1.46. The van der Waals surface area contributed by atoms with Crippen LogP contribution in [-0.4, -0.2) is 179 Å². The lowest BCUT2D eigenvalue weighted by Gasteiger charge is -2.34. The molecule has 10 amide bonds. The molecule has 2 aliphatic heterocycles. The summed E-state index contributed by atoms with van der Waals surface area (Å²) >= 11 is 0. The minimum absolute atomic E-state index is 0.00215. The first kappa shape index (κ1) is 55.5. The fourth-order valence-corrected chi connectivity index (χ4v) is 7.25. The molecule has 2 aliphatic rings. The van der Waals surface area contributed by atoms with E-state index in [-0.39, 0.29) is 114 Å². The number of hydrogen-bond donors (Lipinski definition) is 6. The van der Waals surface area contributed by atoms with E-state index in [1.165, 1.54) is 23.9 Å². The average Bonchev–Trinajstić information content (AvgIpc) is 3.53. The molecule has 1 aromatic carbocycles. The number of likely N-dealkylation sites (tertiary alicyclic amines) is 1. The number of nitrogens with zero attached hydrogens (tertiary/aromatic N) is 4. The number of carbonyl (C=O) groups excluding carboxylic acids is 9. The molecule has 22 nitrogen and oxygen atoms in total. The van der Waals surface area contributed by atoms with Gasteiger partial charge in [0.15, 0.2) is 0 Å². The molecule has 0 saturated carbocycles. The number of anilines is 1. The number of piperazine rings is 1. The molecule has 0 spiro atoms. The maximum absolute atomic E-state index is 13.7. The third-order valence-electron chi connectivity index (χ3n) is 11.0. The molecule has 3 rings (SSSR count). The molecule has 2 saturated heterocycles. The normalized spacial score (nSPS) is 16.6. The van der Waals surface area contributed by atoms with E-state index in [0.29, 0.717) is 49.8 Å². The Hall–Kier alpha value is -5.87. The van der Waals surface area contributed by atoms with Crippen molar-refractivity contribution in [2.24, 2.45) is 23.5 Å². The Labute approximate surface area is 393 Å². The molecule has 22 heteroatoms. The fourth-order valence-electron chi connectivity index (χ4n) is 7.25. The van der Waals surface area contributed by atoms with Crippen LogP contribution < -0.4 is 32.3 Å². The predicted octanol–water partition coefficient (Wildman–Crippen LogP) is 0.563. The smallest absolute Gasteiger partial charge is 0.410 e. The minimum Gasteiger partial charge on any atom is -0.431 e. The standard InChI is InChI=1S/C45H72N10O12/c1-29(2)27-32-28-37(58)55(42(32)61)18-14-35(56)47-17-24-66-26-25-65-23-15-36(57)51-38(30(3)4)41(60)50-34(9-8-16-48-44(46)63)40(59)49-33-12-10-31(11-13-33)39(67-45(64)52(5)6)43(62)54-21-19-53(7)20-22-54/h10-13,29-30,32,34,38-39H,8-9,14-28H2,1-7H3,(H,47,56)(H,49,59)(H,50,60)(H,51,57)(H3,46,48,63)/t32?,34-,38-,39?/m0/s1. The summed E-state index contributed by atoms with van der Waals surface area (Å²) < 4.78 is 16.6. The SMILES string of the molecule is CC(C)CC1CC(=O)N(CCC(=O)NCCOCCOCCC(=O)N[C@H](C(=O)N[C@@H](CCCNC(N)=O)C(=O)Nc2ccc(C(OC(=O)N(C)C)C(=O)N3CCN(C)CC3)cc2)C(C)C)C1=O. The van der Waals surface area contributed by atoms with Crippen molar-refractivity contribution in [2.45, 2.75) is 84.4 Å².